The Morgan fingerprint density at radius 2 is 1.84 bits per heavy atom. The number of pyridine rings is 1. The van der Waals surface area contributed by atoms with Gasteiger partial charge < -0.3 is 4.74 Å². The number of hydrogen-bond donors (Lipinski definition) is 0. The lowest BCUT2D eigenvalue weighted by Gasteiger charge is -2.08. The van der Waals surface area contributed by atoms with E-state index in [1.54, 1.807) is 0 Å². The molecule has 0 saturated heterocycles. The molecule has 19 heavy (non-hydrogen) atoms. The van der Waals surface area contributed by atoms with Gasteiger partial charge in [0.1, 0.15) is 5.75 Å². The first kappa shape index (κ1) is 12.2. The first-order chi connectivity index (χ1) is 9.22. The summed E-state index contributed by atoms with van der Waals surface area (Å²) in [6.45, 7) is 2.02. The minimum Gasteiger partial charge on any atom is -0.439 e. The SMILES string of the molecule is Cc1ccc(Br)cc1Oc1ccc2ccccc2n1. The van der Waals surface area contributed by atoms with Crippen LogP contribution in [-0.4, -0.2) is 4.98 Å². The van der Waals surface area contributed by atoms with Gasteiger partial charge in [-0.2, -0.15) is 0 Å². The maximum Gasteiger partial charge on any atom is 0.219 e. The molecular formula is C16H12BrNO. The van der Waals surface area contributed by atoms with Gasteiger partial charge in [-0.3, -0.25) is 0 Å². The smallest absolute Gasteiger partial charge is 0.219 e. The molecular weight excluding hydrogens is 302 g/mol. The van der Waals surface area contributed by atoms with Crippen molar-refractivity contribution in [2.75, 3.05) is 0 Å². The maximum atomic E-state index is 5.86. The topological polar surface area (TPSA) is 22.1 Å². The van der Waals surface area contributed by atoms with Crippen molar-refractivity contribution in [3.8, 4) is 11.6 Å². The summed E-state index contributed by atoms with van der Waals surface area (Å²) in [5.41, 5.74) is 2.02. The number of fused-ring (bicyclic) bond motifs is 1. The first-order valence-electron chi connectivity index (χ1n) is 6.02. The molecule has 0 bridgehead atoms. The molecule has 0 N–H and O–H groups in total. The molecule has 1 heterocycles. The van der Waals surface area contributed by atoms with Gasteiger partial charge in [-0.1, -0.05) is 40.2 Å². The third kappa shape index (κ3) is 2.61. The van der Waals surface area contributed by atoms with Gasteiger partial charge in [-0.25, -0.2) is 4.98 Å². The van der Waals surface area contributed by atoms with Crippen LogP contribution in [0.4, 0.5) is 0 Å². The van der Waals surface area contributed by atoms with Gasteiger partial charge in [0.15, 0.2) is 0 Å². The van der Waals surface area contributed by atoms with Gasteiger partial charge in [0.25, 0.3) is 0 Å². The zero-order valence-corrected chi connectivity index (χ0v) is 12.0. The predicted molar refractivity (Wildman–Crippen MR) is 80.7 cm³/mol. The van der Waals surface area contributed by atoms with Crippen LogP contribution in [0.1, 0.15) is 5.56 Å². The fourth-order valence-corrected chi connectivity index (χ4v) is 2.24. The van der Waals surface area contributed by atoms with Crippen LogP contribution < -0.4 is 4.74 Å². The Morgan fingerprint density at radius 1 is 1.00 bits per heavy atom. The Morgan fingerprint density at radius 3 is 2.74 bits per heavy atom. The zero-order chi connectivity index (χ0) is 13.2. The van der Waals surface area contributed by atoms with E-state index in [4.69, 9.17) is 4.74 Å². The lowest BCUT2D eigenvalue weighted by atomic mass is 10.2. The maximum absolute atomic E-state index is 5.86. The highest BCUT2D eigenvalue weighted by Crippen LogP contribution is 2.28. The molecule has 0 aliphatic rings. The Hall–Kier alpha value is -1.87. The molecule has 0 atom stereocenters. The van der Waals surface area contributed by atoms with Gasteiger partial charge in [0.05, 0.1) is 5.52 Å². The molecule has 1 aromatic heterocycles. The Balaban J connectivity index is 1.98. The molecule has 0 spiro atoms. The average molecular weight is 314 g/mol. The molecule has 94 valence electrons. The second-order valence-electron chi connectivity index (χ2n) is 4.35. The summed E-state index contributed by atoms with van der Waals surface area (Å²) >= 11 is 3.45. The average Bonchev–Trinajstić information content (AvgIpc) is 2.43. The van der Waals surface area contributed by atoms with Crippen LogP contribution in [0.15, 0.2) is 59.1 Å². The van der Waals surface area contributed by atoms with Crippen LogP contribution >= 0.6 is 15.9 Å². The molecule has 0 saturated carbocycles. The van der Waals surface area contributed by atoms with Crippen LogP contribution in [0.2, 0.25) is 0 Å². The van der Waals surface area contributed by atoms with Crippen LogP contribution in [0.3, 0.4) is 0 Å². The van der Waals surface area contributed by atoms with Crippen molar-refractivity contribution in [1.29, 1.82) is 0 Å². The number of aryl methyl sites for hydroxylation is 1. The third-order valence-electron chi connectivity index (χ3n) is 2.94. The molecule has 0 aliphatic heterocycles. The van der Waals surface area contributed by atoms with Crippen LogP contribution in [0.25, 0.3) is 10.9 Å². The van der Waals surface area contributed by atoms with Crippen molar-refractivity contribution < 1.29 is 4.74 Å². The van der Waals surface area contributed by atoms with E-state index in [1.807, 2.05) is 61.5 Å². The number of ether oxygens (including phenoxy) is 1. The lowest BCUT2D eigenvalue weighted by Crippen LogP contribution is -1.90. The highest BCUT2D eigenvalue weighted by Gasteiger charge is 2.04. The van der Waals surface area contributed by atoms with E-state index in [1.165, 1.54) is 0 Å². The predicted octanol–water partition coefficient (Wildman–Crippen LogP) is 5.10. The van der Waals surface area contributed by atoms with E-state index in [9.17, 15) is 0 Å². The fourth-order valence-electron chi connectivity index (χ4n) is 1.90. The van der Waals surface area contributed by atoms with Crippen LogP contribution in [-0.2, 0) is 0 Å². The number of para-hydroxylation sites is 1. The monoisotopic (exact) mass is 313 g/mol. The number of halogens is 1. The fraction of sp³-hybridized carbons (Fsp3) is 0.0625. The molecule has 0 fully saturated rings. The van der Waals surface area contributed by atoms with Crippen molar-refractivity contribution >= 4 is 26.8 Å². The quantitative estimate of drug-likeness (QED) is 0.656. The van der Waals surface area contributed by atoms with E-state index in [0.717, 1.165) is 26.7 Å². The Labute approximate surface area is 120 Å². The van der Waals surface area contributed by atoms with Gasteiger partial charge in [-0.05, 0) is 36.8 Å². The molecule has 2 nitrogen and oxygen atoms in total. The minimum atomic E-state index is 0.611. The second kappa shape index (κ2) is 5.02. The summed E-state index contributed by atoms with van der Waals surface area (Å²) in [7, 11) is 0. The lowest BCUT2D eigenvalue weighted by molar-refractivity contribution is 0.461. The third-order valence-corrected chi connectivity index (χ3v) is 3.43. The largest absolute Gasteiger partial charge is 0.439 e. The molecule has 3 aromatic rings. The molecule has 0 aliphatic carbocycles. The standard InChI is InChI=1S/C16H12BrNO/c1-11-6-8-13(17)10-15(11)19-16-9-7-12-4-2-3-5-14(12)18-16/h2-10H,1H3. The van der Waals surface area contributed by atoms with E-state index >= 15 is 0 Å². The van der Waals surface area contributed by atoms with Gasteiger partial charge >= 0.3 is 0 Å². The molecule has 0 amide bonds. The van der Waals surface area contributed by atoms with Crippen LogP contribution in [0.5, 0.6) is 11.6 Å². The number of hydrogen-bond acceptors (Lipinski definition) is 2. The van der Waals surface area contributed by atoms with Gasteiger partial charge in [0, 0.05) is 15.9 Å². The molecule has 3 heteroatoms. The van der Waals surface area contributed by atoms with Crippen molar-refractivity contribution in [3.05, 3.63) is 64.6 Å². The minimum absolute atomic E-state index is 0.611. The van der Waals surface area contributed by atoms with Crippen molar-refractivity contribution in [3.63, 3.8) is 0 Å². The summed E-state index contributed by atoms with van der Waals surface area (Å²) < 4.78 is 6.85. The van der Waals surface area contributed by atoms with Crippen LogP contribution in [0, 0.1) is 6.92 Å². The summed E-state index contributed by atoms with van der Waals surface area (Å²) in [6.07, 6.45) is 0. The summed E-state index contributed by atoms with van der Waals surface area (Å²) in [5.74, 6) is 1.43. The molecule has 0 radical (unpaired) electrons. The van der Waals surface area contributed by atoms with E-state index in [2.05, 4.69) is 20.9 Å². The number of rotatable bonds is 2. The molecule has 0 unspecified atom stereocenters. The highest BCUT2D eigenvalue weighted by molar-refractivity contribution is 9.10. The Kier molecular flexibility index (Phi) is 3.22. The Bertz CT molecular complexity index is 740. The number of aromatic nitrogens is 1. The highest BCUT2D eigenvalue weighted by atomic mass is 79.9. The van der Waals surface area contributed by atoms with Crippen molar-refractivity contribution in [1.82, 2.24) is 4.98 Å². The van der Waals surface area contributed by atoms with Gasteiger partial charge in [-0.15, -0.1) is 0 Å². The normalized spacial score (nSPS) is 10.6. The number of nitrogens with zero attached hydrogens (tertiary/aromatic N) is 1. The van der Waals surface area contributed by atoms with E-state index in [0.29, 0.717) is 5.88 Å². The van der Waals surface area contributed by atoms with Crippen molar-refractivity contribution in [2.24, 2.45) is 0 Å². The van der Waals surface area contributed by atoms with E-state index in [-0.39, 0.29) is 0 Å². The second-order valence-corrected chi connectivity index (χ2v) is 5.27. The number of benzene rings is 2. The first-order valence-corrected chi connectivity index (χ1v) is 6.81. The van der Waals surface area contributed by atoms with Crippen molar-refractivity contribution in [2.45, 2.75) is 6.92 Å². The van der Waals surface area contributed by atoms with E-state index < -0.39 is 0 Å². The van der Waals surface area contributed by atoms with Gasteiger partial charge in [0.2, 0.25) is 5.88 Å². The summed E-state index contributed by atoms with van der Waals surface area (Å²) in [5, 5.41) is 1.11. The zero-order valence-electron chi connectivity index (χ0n) is 10.4. The summed E-state index contributed by atoms with van der Waals surface area (Å²) in [4.78, 5) is 4.50. The molecule has 3 rings (SSSR count). The molecule has 2 aromatic carbocycles. The summed E-state index contributed by atoms with van der Waals surface area (Å²) in [6, 6.07) is 17.9.